The first-order chi connectivity index (χ1) is 15.4. The quantitative estimate of drug-likeness (QED) is 0.586. The van der Waals surface area contributed by atoms with Gasteiger partial charge in [0.05, 0.1) is 12.1 Å². The van der Waals surface area contributed by atoms with Gasteiger partial charge in [-0.25, -0.2) is 0 Å². The van der Waals surface area contributed by atoms with Crippen LogP contribution in [0.4, 0.5) is 11.4 Å². The summed E-state index contributed by atoms with van der Waals surface area (Å²) in [6.07, 6.45) is 3.27. The predicted molar refractivity (Wildman–Crippen MR) is 122 cm³/mol. The average Bonchev–Trinajstić information content (AvgIpc) is 2.99. The molecular formula is C25H22N4O3. The number of carbonyl (C=O) groups is 3. The van der Waals surface area contributed by atoms with Crippen molar-refractivity contribution in [2.24, 2.45) is 0 Å². The zero-order chi connectivity index (χ0) is 22.7. The van der Waals surface area contributed by atoms with Crippen LogP contribution in [0, 0.1) is 6.92 Å². The Balaban J connectivity index is 1.72. The van der Waals surface area contributed by atoms with Gasteiger partial charge in [-0.3, -0.25) is 24.3 Å². The number of aromatic nitrogens is 1. The molecule has 32 heavy (non-hydrogen) atoms. The van der Waals surface area contributed by atoms with Crippen LogP contribution < -0.4 is 10.6 Å². The molecule has 7 nitrogen and oxygen atoms in total. The number of imide groups is 1. The number of nitrogens with one attached hydrogen (secondary N) is 2. The summed E-state index contributed by atoms with van der Waals surface area (Å²) < 4.78 is 0. The second-order valence-electron chi connectivity index (χ2n) is 7.56. The van der Waals surface area contributed by atoms with Gasteiger partial charge in [0.15, 0.2) is 0 Å². The normalized spacial score (nSPS) is 13.5. The molecule has 0 spiro atoms. The minimum absolute atomic E-state index is 0.123. The molecule has 2 aromatic carbocycles. The van der Waals surface area contributed by atoms with E-state index in [0.29, 0.717) is 11.3 Å². The van der Waals surface area contributed by atoms with E-state index in [-0.39, 0.29) is 29.6 Å². The summed E-state index contributed by atoms with van der Waals surface area (Å²) >= 11 is 0. The van der Waals surface area contributed by atoms with Crippen molar-refractivity contribution in [3.8, 4) is 0 Å². The lowest BCUT2D eigenvalue weighted by Gasteiger charge is -2.15. The Kier molecular flexibility index (Phi) is 5.81. The third-order valence-corrected chi connectivity index (χ3v) is 5.01. The molecule has 0 fully saturated rings. The van der Waals surface area contributed by atoms with E-state index in [4.69, 9.17) is 0 Å². The highest BCUT2D eigenvalue weighted by Gasteiger charge is 2.39. The van der Waals surface area contributed by atoms with Crippen LogP contribution in [0.25, 0.3) is 5.57 Å². The van der Waals surface area contributed by atoms with E-state index in [1.807, 2.05) is 37.3 Å². The number of benzene rings is 2. The number of aryl methyl sites for hydroxylation is 1. The van der Waals surface area contributed by atoms with Gasteiger partial charge in [0.1, 0.15) is 5.70 Å². The van der Waals surface area contributed by atoms with Crippen molar-refractivity contribution in [2.75, 3.05) is 10.6 Å². The van der Waals surface area contributed by atoms with E-state index in [0.717, 1.165) is 16.8 Å². The van der Waals surface area contributed by atoms with Gasteiger partial charge in [0.25, 0.3) is 11.8 Å². The van der Waals surface area contributed by atoms with E-state index in [1.165, 1.54) is 11.8 Å². The van der Waals surface area contributed by atoms with Crippen molar-refractivity contribution >= 4 is 34.7 Å². The molecule has 2 N–H and O–H groups in total. The number of hydrogen-bond donors (Lipinski definition) is 2. The highest BCUT2D eigenvalue weighted by molar-refractivity contribution is 6.36. The first-order valence-electron chi connectivity index (χ1n) is 10.1. The summed E-state index contributed by atoms with van der Waals surface area (Å²) in [6, 6.07) is 18.0. The van der Waals surface area contributed by atoms with Crippen LogP contribution in [-0.2, 0) is 20.9 Å². The monoisotopic (exact) mass is 426 g/mol. The number of carbonyl (C=O) groups excluding carboxylic acids is 3. The van der Waals surface area contributed by atoms with Gasteiger partial charge in [-0.15, -0.1) is 0 Å². The molecule has 1 aliphatic heterocycles. The fourth-order valence-electron chi connectivity index (χ4n) is 3.57. The molecule has 0 radical (unpaired) electrons. The highest BCUT2D eigenvalue weighted by Crippen LogP contribution is 2.32. The third-order valence-electron chi connectivity index (χ3n) is 5.01. The summed E-state index contributed by atoms with van der Waals surface area (Å²) in [7, 11) is 0. The molecule has 0 bridgehead atoms. The SMILES string of the molecule is CC(=O)Nc1ccc(C2=C(Nc3cccc(C)c3)C(=O)N(Cc3cccnc3)C2=O)cc1. The standard InChI is InChI=1S/C25H22N4O3/c1-16-5-3-7-21(13-16)28-23-22(19-8-10-20(11-9-19)27-17(2)30)24(31)29(25(23)32)15-18-6-4-12-26-14-18/h3-14,28H,15H2,1-2H3,(H,27,30). The maximum Gasteiger partial charge on any atom is 0.278 e. The van der Waals surface area contributed by atoms with Crippen LogP contribution in [0.5, 0.6) is 0 Å². The molecule has 4 rings (SSSR count). The zero-order valence-electron chi connectivity index (χ0n) is 17.8. The number of hydrogen-bond acceptors (Lipinski definition) is 5. The first kappa shape index (κ1) is 21.0. The lowest BCUT2D eigenvalue weighted by molar-refractivity contribution is -0.137. The molecular weight excluding hydrogens is 404 g/mol. The molecule has 7 heteroatoms. The van der Waals surface area contributed by atoms with Crippen LogP contribution in [0.2, 0.25) is 0 Å². The second-order valence-corrected chi connectivity index (χ2v) is 7.56. The Morgan fingerprint density at radius 3 is 2.41 bits per heavy atom. The molecule has 3 aromatic rings. The topological polar surface area (TPSA) is 91.4 Å². The fraction of sp³-hybridized carbons (Fsp3) is 0.120. The Morgan fingerprint density at radius 2 is 1.75 bits per heavy atom. The number of pyridine rings is 1. The van der Waals surface area contributed by atoms with Crippen molar-refractivity contribution in [3.63, 3.8) is 0 Å². The Hall–Kier alpha value is -4.26. The van der Waals surface area contributed by atoms with E-state index < -0.39 is 5.91 Å². The molecule has 0 aliphatic carbocycles. The molecule has 3 amide bonds. The van der Waals surface area contributed by atoms with Crippen molar-refractivity contribution in [2.45, 2.75) is 20.4 Å². The molecule has 0 atom stereocenters. The Morgan fingerprint density at radius 1 is 0.969 bits per heavy atom. The van der Waals surface area contributed by atoms with Crippen molar-refractivity contribution < 1.29 is 14.4 Å². The van der Waals surface area contributed by atoms with Crippen LogP contribution in [0.3, 0.4) is 0 Å². The summed E-state index contributed by atoms with van der Waals surface area (Å²) in [4.78, 5) is 43.3. The summed E-state index contributed by atoms with van der Waals surface area (Å²) in [6.45, 7) is 3.51. The van der Waals surface area contributed by atoms with Crippen LogP contribution in [0.15, 0.2) is 78.8 Å². The summed E-state index contributed by atoms with van der Waals surface area (Å²) in [5.74, 6) is -0.976. The fourth-order valence-corrected chi connectivity index (χ4v) is 3.57. The number of amides is 3. The van der Waals surface area contributed by atoms with E-state index >= 15 is 0 Å². The van der Waals surface area contributed by atoms with Gasteiger partial charge in [-0.1, -0.05) is 30.3 Å². The zero-order valence-corrected chi connectivity index (χ0v) is 17.8. The van der Waals surface area contributed by atoms with E-state index in [2.05, 4.69) is 15.6 Å². The minimum atomic E-state index is -0.402. The molecule has 2 heterocycles. The van der Waals surface area contributed by atoms with Gasteiger partial charge >= 0.3 is 0 Å². The van der Waals surface area contributed by atoms with Crippen molar-refractivity contribution in [1.82, 2.24) is 9.88 Å². The van der Waals surface area contributed by atoms with Crippen molar-refractivity contribution in [1.29, 1.82) is 0 Å². The van der Waals surface area contributed by atoms with Crippen LogP contribution >= 0.6 is 0 Å². The average molecular weight is 426 g/mol. The molecule has 1 aliphatic rings. The summed E-state index contributed by atoms with van der Waals surface area (Å²) in [5, 5.41) is 5.86. The lowest BCUT2D eigenvalue weighted by Crippen LogP contribution is -2.32. The number of rotatable bonds is 6. The molecule has 0 unspecified atom stereocenters. The number of nitrogens with zero attached hydrogens (tertiary/aromatic N) is 2. The Labute approximate surface area is 185 Å². The maximum atomic E-state index is 13.4. The Bertz CT molecular complexity index is 1220. The molecule has 0 saturated heterocycles. The first-order valence-corrected chi connectivity index (χ1v) is 10.1. The van der Waals surface area contributed by atoms with Gasteiger partial charge in [-0.2, -0.15) is 0 Å². The van der Waals surface area contributed by atoms with Gasteiger partial charge in [0, 0.05) is 30.7 Å². The summed E-state index contributed by atoms with van der Waals surface area (Å²) in [5.41, 5.74) is 4.20. The highest BCUT2D eigenvalue weighted by atomic mass is 16.2. The largest absolute Gasteiger partial charge is 0.350 e. The maximum absolute atomic E-state index is 13.4. The molecule has 160 valence electrons. The lowest BCUT2D eigenvalue weighted by atomic mass is 10.0. The molecule has 1 aromatic heterocycles. The van der Waals surface area contributed by atoms with E-state index in [9.17, 15) is 14.4 Å². The molecule has 0 saturated carbocycles. The minimum Gasteiger partial charge on any atom is -0.350 e. The second kappa shape index (κ2) is 8.85. The number of anilines is 2. The van der Waals surface area contributed by atoms with Gasteiger partial charge < -0.3 is 10.6 Å². The smallest absolute Gasteiger partial charge is 0.278 e. The van der Waals surface area contributed by atoms with Gasteiger partial charge in [0.2, 0.25) is 5.91 Å². The van der Waals surface area contributed by atoms with Crippen LogP contribution in [-0.4, -0.2) is 27.6 Å². The third kappa shape index (κ3) is 4.41. The van der Waals surface area contributed by atoms with Crippen LogP contribution in [0.1, 0.15) is 23.6 Å². The van der Waals surface area contributed by atoms with Gasteiger partial charge in [-0.05, 0) is 53.9 Å². The van der Waals surface area contributed by atoms with E-state index in [1.54, 1.807) is 42.7 Å². The predicted octanol–water partition coefficient (Wildman–Crippen LogP) is 3.74. The van der Waals surface area contributed by atoms with Crippen molar-refractivity contribution in [3.05, 3.63) is 95.4 Å².